The second-order valence-electron chi connectivity index (χ2n) is 3.89. The van der Waals surface area contributed by atoms with Gasteiger partial charge in [-0.3, -0.25) is 0 Å². The highest BCUT2D eigenvalue weighted by atomic mass is 79.9. The molecule has 0 heterocycles. The number of halogens is 3. The zero-order valence-electron chi connectivity index (χ0n) is 9.88. The Morgan fingerprint density at radius 1 is 1.16 bits per heavy atom. The van der Waals surface area contributed by atoms with Crippen LogP contribution in [0.25, 0.3) is 0 Å². The Kier molecular flexibility index (Phi) is 3.82. The Bertz CT molecular complexity index is 657. The molecule has 2 nitrogen and oxygen atoms in total. The van der Waals surface area contributed by atoms with E-state index in [1.54, 1.807) is 24.3 Å². The Balaban J connectivity index is 2.38. The molecular weight excluding hydrogens is 316 g/mol. The molecule has 0 atom stereocenters. The Labute approximate surface area is 117 Å². The van der Waals surface area contributed by atoms with Crippen molar-refractivity contribution in [2.75, 3.05) is 0 Å². The van der Waals surface area contributed by atoms with Gasteiger partial charge in [0.25, 0.3) is 0 Å². The molecule has 0 saturated carbocycles. The summed E-state index contributed by atoms with van der Waals surface area (Å²) in [5.74, 6) is -2.00. The number of nitrogens with zero attached hydrogens (tertiary/aromatic N) is 1. The predicted molar refractivity (Wildman–Crippen MR) is 70.0 cm³/mol. The van der Waals surface area contributed by atoms with Crippen LogP contribution >= 0.6 is 15.9 Å². The third kappa shape index (κ3) is 2.91. The van der Waals surface area contributed by atoms with Gasteiger partial charge in [0.15, 0.2) is 17.4 Å². The van der Waals surface area contributed by atoms with Crippen LogP contribution in [0, 0.1) is 29.9 Å². The highest BCUT2D eigenvalue weighted by Gasteiger charge is 2.14. The van der Waals surface area contributed by atoms with Gasteiger partial charge in [0, 0.05) is 4.47 Å². The van der Waals surface area contributed by atoms with Crippen LogP contribution < -0.4 is 4.74 Å². The first-order valence-electron chi connectivity index (χ1n) is 5.34. The maximum atomic E-state index is 13.6. The van der Waals surface area contributed by atoms with Gasteiger partial charge in [-0.1, -0.05) is 15.9 Å². The normalized spacial score (nSPS) is 10.1. The van der Waals surface area contributed by atoms with Crippen molar-refractivity contribution in [3.8, 4) is 17.6 Å². The van der Waals surface area contributed by atoms with Gasteiger partial charge in [0.2, 0.25) is 0 Å². The van der Waals surface area contributed by atoms with Crippen LogP contribution in [0.2, 0.25) is 0 Å². The maximum Gasteiger partial charge on any atom is 0.198 e. The number of nitriles is 1. The SMILES string of the molecule is Cc1cc(Oc2c(F)cc(C#N)cc2F)ccc1Br. The van der Waals surface area contributed by atoms with Crippen molar-refractivity contribution in [3.05, 3.63) is 57.6 Å². The summed E-state index contributed by atoms with van der Waals surface area (Å²) in [5.41, 5.74) is 0.793. The Morgan fingerprint density at radius 2 is 1.79 bits per heavy atom. The molecule has 0 aliphatic carbocycles. The molecule has 0 radical (unpaired) electrons. The fraction of sp³-hybridized carbons (Fsp3) is 0.0714. The van der Waals surface area contributed by atoms with Crippen molar-refractivity contribution in [1.29, 1.82) is 5.26 Å². The lowest BCUT2D eigenvalue weighted by atomic mass is 10.2. The molecule has 96 valence electrons. The molecule has 0 aromatic heterocycles. The minimum Gasteiger partial charge on any atom is -0.451 e. The Hall–Kier alpha value is -1.93. The Morgan fingerprint density at radius 3 is 2.32 bits per heavy atom. The van der Waals surface area contributed by atoms with Crippen molar-refractivity contribution in [2.45, 2.75) is 6.92 Å². The smallest absolute Gasteiger partial charge is 0.198 e. The first kappa shape index (κ1) is 13.5. The minimum atomic E-state index is -0.905. The molecule has 0 spiro atoms. The minimum absolute atomic E-state index is 0.0886. The van der Waals surface area contributed by atoms with Crippen molar-refractivity contribution < 1.29 is 13.5 Å². The summed E-state index contributed by atoms with van der Waals surface area (Å²) in [5, 5.41) is 8.60. The van der Waals surface area contributed by atoms with Crippen molar-refractivity contribution in [3.63, 3.8) is 0 Å². The number of hydrogen-bond acceptors (Lipinski definition) is 2. The molecule has 0 aliphatic rings. The summed E-state index contributed by atoms with van der Waals surface area (Å²) in [4.78, 5) is 0. The summed E-state index contributed by atoms with van der Waals surface area (Å²) in [6.45, 7) is 1.84. The molecule has 0 saturated heterocycles. The highest BCUT2D eigenvalue weighted by molar-refractivity contribution is 9.10. The molecule has 2 aromatic rings. The number of aryl methyl sites for hydroxylation is 1. The van der Waals surface area contributed by atoms with Gasteiger partial charge in [0.05, 0.1) is 11.6 Å². The van der Waals surface area contributed by atoms with E-state index in [2.05, 4.69) is 15.9 Å². The number of rotatable bonds is 2. The average Bonchev–Trinajstić information content (AvgIpc) is 2.37. The summed E-state index contributed by atoms with van der Waals surface area (Å²) in [6, 6.07) is 8.52. The van der Waals surface area contributed by atoms with Gasteiger partial charge in [0.1, 0.15) is 5.75 Å². The van der Waals surface area contributed by atoms with E-state index in [0.717, 1.165) is 22.2 Å². The van der Waals surface area contributed by atoms with Crippen LogP contribution in [0.4, 0.5) is 8.78 Å². The summed E-state index contributed by atoms with van der Waals surface area (Å²) >= 11 is 3.32. The standard InChI is InChI=1S/C14H8BrF2NO/c1-8-4-10(2-3-11(8)15)19-14-12(16)5-9(7-18)6-13(14)17/h2-6H,1H3. The molecule has 2 rings (SSSR count). The first-order valence-corrected chi connectivity index (χ1v) is 6.13. The van der Waals surface area contributed by atoms with Crippen molar-refractivity contribution in [1.82, 2.24) is 0 Å². The van der Waals surface area contributed by atoms with Crippen LogP contribution in [0.5, 0.6) is 11.5 Å². The largest absolute Gasteiger partial charge is 0.451 e. The van der Waals surface area contributed by atoms with Gasteiger partial charge in [-0.05, 0) is 42.8 Å². The fourth-order valence-corrected chi connectivity index (χ4v) is 1.77. The summed E-state index contributed by atoms with van der Waals surface area (Å²) in [6.07, 6.45) is 0. The van der Waals surface area contributed by atoms with Gasteiger partial charge in [-0.25, -0.2) is 8.78 Å². The summed E-state index contributed by atoms with van der Waals surface area (Å²) < 4.78 is 33.3. The third-order valence-corrected chi connectivity index (χ3v) is 3.37. The molecular formula is C14H8BrF2NO. The molecule has 0 aliphatic heterocycles. The van der Waals surface area contributed by atoms with Crippen LogP contribution in [0.3, 0.4) is 0 Å². The molecule has 0 bridgehead atoms. The van der Waals surface area contributed by atoms with Crippen molar-refractivity contribution >= 4 is 15.9 Å². The number of benzene rings is 2. The third-order valence-electron chi connectivity index (χ3n) is 2.48. The molecule has 0 unspecified atom stereocenters. The monoisotopic (exact) mass is 323 g/mol. The number of hydrogen-bond donors (Lipinski definition) is 0. The maximum absolute atomic E-state index is 13.6. The lowest BCUT2D eigenvalue weighted by Crippen LogP contribution is -1.94. The van der Waals surface area contributed by atoms with Gasteiger partial charge < -0.3 is 4.74 Å². The van der Waals surface area contributed by atoms with Gasteiger partial charge in [-0.2, -0.15) is 5.26 Å². The van der Waals surface area contributed by atoms with E-state index in [-0.39, 0.29) is 5.56 Å². The van der Waals surface area contributed by atoms with Crippen molar-refractivity contribution in [2.24, 2.45) is 0 Å². The lowest BCUT2D eigenvalue weighted by molar-refractivity contribution is 0.407. The highest BCUT2D eigenvalue weighted by Crippen LogP contribution is 2.30. The zero-order chi connectivity index (χ0) is 14.0. The van der Waals surface area contributed by atoms with E-state index in [0.29, 0.717) is 5.75 Å². The van der Waals surface area contributed by atoms with E-state index in [1.165, 1.54) is 0 Å². The lowest BCUT2D eigenvalue weighted by Gasteiger charge is -2.09. The van der Waals surface area contributed by atoms with Crippen LogP contribution in [-0.4, -0.2) is 0 Å². The predicted octanol–water partition coefficient (Wildman–Crippen LogP) is 4.70. The van der Waals surface area contributed by atoms with E-state index in [1.807, 2.05) is 6.92 Å². The van der Waals surface area contributed by atoms with E-state index < -0.39 is 17.4 Å². The number of ether oxygens (including phenoxy) is 1. The zero-order valence-corrected chi connectivity index (χ0v) is 11.5. The molecule has 0 amide bonds. The first-order chi connectivity index (χ1) is 9.01. The second kappa shape index (κ2) is 5.37. The molecule has 2 aromatic carbocycles. The van der Waals surface area contributed by atoms with Crippen LogP contribution in [0.15, 0.2) is 34.8 Å². The second-order valence-corrected chi connectivity index (χ2v) is 4.75. The van der Waals surface area contributed by atoms with E-state index in [9.17, 15) is 8.78 Å². The van der Waals surface area contributed by atoms with E-state index >= 15 is 0 Å². The van der Waals surface area contributed by atoms with Crippen LogP contribution in [0.1, 0.15) is 11.1 Å². The quantitative estimate of drug-likeness (QED) is 0.802. The molecule has 0 fully saturated rings. The van der Waals surface area contributed by atoms with Gasteiger partial charge >= 0.3 is 0 Å². The molecule has 5 heteroatoms. The fourth-order valence-electron chi connectivity index (χ4n) is 1.52. The molecule has 0 N–H and O–H groups in total. The van der Waals surface area contributed by atoms with E-state index in [4.69, 9.17) is 10.00 Å². The average molecular weight is 324 g/mol. The summed E-state index contributed by atoms with van der Waals surface area (Å²) in [7, 11) is 0. The van der Waals surface area contributed by atoms with Gasteiger partial charge in [-0.15, -0.1) is 0 Å². The molecule has 19 heavy (non-hydrogen) atoms. The topological polar surface area (TPSA) is 33.0 Å². The van der Waals surface area contributed by atoms with Crippen LogP contribution in [-0.2, 0) is 0 Å².